The minimum atomic E-state index is -0.757. The van der Waals surface area contributed by atoms with Crippen LogP contribution < -0.4 is 0 Å². The van der Waals surface area contributed by atoms with Gasteiger partial charge in [0.05, 0.1) is 37.3 Å². The molecule has 3 fully saturated rings. The lowest BCUT2D eigenvalue weighted by Gasteiger charge is -2.43. The molecule has 48 heavy (non-hydrogen) atoms. The first-order valence-corrected chi connectivity index (χ1v) is 18.5. The van der Waals surface area contributed by atoms with E-state index >= 15 is 0 Å². The molecule has 0 radical (unpaired) electrons. The minimum Gasteiger partial charge on any atom is -0.481 e. The van der Waals surface area contributed by atoms with E-state index in [0.717, 1.165) is 115 Å². The summed E-state index contributed by atoms with van der Waals surface area (Å²) in [6, 6.07) is 0. The highest BCUT2D eigenvalue weighted by Crippen LogP contribution is 2.47. The van der Waals surface area contributed by atoms with Crippen molar-refractivity contribution in [1.82, 2.24) is 0 Å². The topological polar surface area (TPSA) is 146 Å². The van der Waals surface area contributed by atoms with E-state index in [1.54, 1.807) is 0 Å². The number of ether oxygens (including phenoxy) is 4. The SMILES string of the molecule is C=CC(=O)OCCCCCCOC1CCC(C2CCC(C3CCC(OCCCCCCOC(=O)C=C)C(C(=O)O)C3)CC2)CC1C(=O)O. The van der Waals surface area contributed by atoms with Crippen LogP contribution in [0.2, 0.25) is 0 Å². The van der Waals surface area contributed by atoms with Crippen LogP contribution in [0.1, 0.15) is 116 Å². The van der Waals surface area contributed by atoms with Crippen LogP contribution in [0.3, 0.4) is 0 Å². The number of esters is 2. The summed E-state index contributed by atoms with van der Waals surface area (Å²) in [4.78, 5) is 46.6. The van der Waals surface area contributed by atoms with Gasteiger partial charge in [-0.2, -0.15) is 0 Å². The number of unbranched alkanes of at least 4 members (excludes halogenated alkanes) is 6. The Bertz CT molecular complexity index is 939. The maximum Gasteiger partial charge on any atom is 0.330 e. The van der Waals surface area contributed by atoms with Gasteiger partial charge in [0.1, 0.15) is 0 Å². The van der Waals surface area contributed by atoms with Gasteiger partial charge in [0.25, 0.3) is 0 Å². The van der Waals surface area contributed by atoms with Crippen molar-refractivity contribution in [2.75, 3.05) is 26.4 Å². The average molecular weight is 677 g/mol. The van der Waals surface area contributed by atoms with Crippen molar-refractivity contribution in [2.45, 2.75) is 128 Å². The standard InChI is InChI=1S/C38H60O10/c1-3-35(39)47-23-11-7-5-9-21-45-33-19-17-29(25-31(33)37(41)42)27-13-15-28(16-14-27)30-18-20-34(32(26-30)38(43)44)46-22-10-6-8-12-24-48-36(40)4-2/h3-4,27-34H,1-2,5-26H2,(H,41,42)(H,43,44). The second-order valence-electron chi connectivity index (χ2n) is 14.1. The normalized spacial score (nSPS) is 29.0. The average Bonchev–Trinajstić information content (AvgIpc) is 3.10. The highest BCUT2D eigenvalue weighted by molar-refractivity contribution is 5.81. The van der Waals surface area contributed by atoms with Crippen molar-refractivity contribution in [2.24, 2.45) is 35.5 Å². The molecule has 3 aliphatic carbocycles. The molecule has 0 bridgehead atoms. The summed E-state index contributed by atoms with van der Waals surface area (Å²) >= 11 is 0. The van der Waals surface area contributed by atoms with Crippen LogP contribution in [0.5, 0.6) is 0 Å². The third kappa shape index (κ3) is 13.7. The second-order valence-corrected chi connectivity index (χ2v) is 14.1. The number of hydrogen-bond acceptors (Lipinski definition) is 8. The van der Waals surface area contributed by atoms with Crippen molar-refractivity contribution < 1.29 is 48.3 Å². The van der Waals surface area contributed by atoms with Gasteiger partial charge < -0.3 is 29.2 Å². The minimum absolute atomic E-state index is 0.233. The Balaban J connectivity index is 1.32. The van der Waals surface area contributed by atoms with E-state index in [1.807, 2.05) is 0 Å². The van der Waals surface area contributed by atoms with E-state index < -0.39 is 35.7 Å². The zero-order valence-corrected chi connectivity index (χ0v) is 28.9. The Labute approximate surface area is 287 Å². The zero-order valence-electron chi connectivity index (χ0n) is 28.9. The molecule has 3 saturated carbocycles. The maximum atomic E-state index is 12.2. The monoisotopic (exact) mass is 676 g/mol. The number of carboxylic acid groups (broad SMARTS) is 2. The third-order valence-corrected chi connectivity index (χ3v) is 11.0. The third-order valence-electron chi connectivity index (χ3n) is 11.0. The molecule has 272 valence electrons. The number of aliphatic carboxylic acids is 2. The van der Waals surface area contributed by atoms with Crippen LogP contribution in [-0.2, 0) is 38.1 Å². The van der Waals surface area contributed by atoms with E-state index in [0.29, 0.717) is 62.9 Å². The van der Waals surface area contributed by atoms with Gasteiger partial charge in [-0.3, -0.25) is 9.59 Å². The van der Waals surface area contributed by atoms with Crippen molar-refractivity contribution in [1.29, 1.82) is 0 Å². The van der Waals surface area contributed by atoms with Gasteiger partial charge in [0, 0.05) is 25.4 Å². The Kier molecular flexibility index (Phi) is 18.3. The van der Waals surface area contributed by atoms with Crippen LogP contribution in [-0.4, -0.2) is 72.7 Å². The molecule has 6 unspecified atom stereocenters. The Morgan fingerprint density at radius 3 is 1.17 bits per heavy atom. The Hall–Kier alpha value is -2.72. The smallest absolute Gasteiger partial charge is 0.330 e. The van der Waals surface area contributed by atoms with Gasteiger partial charge in [-0.05, 0) is 126 Å². The molecule has 10 nitrogen and oxygen atoms in total. The van der Waals surface area contributed by atoms with E-state index in [-0.39, 0.29) is 12.2 Å². The molecule has 0 amide bonds. The number of carbonyl (C=O) groups excluding carboxylic acids is 2. The van der Waals surface area contributed by atoms with Crippen LogP contribution in [0.25, 0.3) is 0 Å². The quantitative estimate of drug-likeness (QED) is 0.0689. The van der Waals surface area contributed by atoms with Crippen LogP contribution in [0.4, 0.5) is 0 Å². The van der Waals surface area contributed by atoms with Gasteiger partial charge in [-0.1, -0.05) is 26.0 Å². The summed E-state index contributed by atoms with van der Waals surface area (Å²) in [5.74, 6) is -1.37. The molecule has 0 saturated heterocycles. The largest absolute Gasteiger partial charge is 0.481 e. The maximum absolute atomic E-state index is 12.2. The van der Waals surface area contributed by atoms with Gasteiger partial charge in [0.2, 0.25) is 0 Å². The molecule has 10 heteroatoms. The molecule has 2 N–H and O–H groups in total. The number of rotatable bonds is 22. The Morgan fingerprint density at radius 1 is 0.500 bits per heavy atom. The molecule has 6 atom stereocenters. The van der Waals surface area contributed by atoms with Crippen molar-refractivity contribution >= 4 is 23.9 Å². The fourth-order valence-electron chi connectivity index (χ4n) is 8.26. The molecular weight excluding hydrogens is 616 g/mol. The van der Waals surface area contributed by atoms with Crippen LogP contribution >= 0.6 is 0 Å². The van der Waals surface area contributed by atoms with E-state index in [2.05, 4.69) is 13.2 Å². The van der Waals surface area contributed by atoms with E-state index in [9.17, 15) is 29.4 Å². The summed E-state index contributed by atoms with van der Waals surface area (Å²) in [6.45, 7) is 8.65. The fourth-order valence-corrected chi connectivity index (χ4v) is 8.26. The first kappa shape index (κ1) is 39.7. The molecule has 0 aromatic rings. The van der Waals surface area contributed by atoms with Gasteiger partial charge in [0.15, 0.2) is 0 Å². The molecule has 0 aliphatic heterocycles. The lowest BCUT2D eigenvalue weighted by molar-refractivity contribution is -0.153. The second kappa shape index (κ2) is 22.1. The Morgan fingerprint density at radius 2 is 0.833 bits per heavy atom. The first-order valence-electron chi connectivity index (χ1n) is 18.5. The number of carboxylic acids is 2. The van der Waals surface area contributed by atoms with Gasteiger partial charge >= 0.3 is 23.9 Å². The highest BCUT2D eigenvalue weighted by atomic mass is 16.5. The lowest BCUT2D eigenvalue weighted by Crippen LogP contribution is -2.41. The first-order chi connectivity index (χ1) is 23.2. The molecular formula is C38H60O10. The highest BCUT2D eigenvalue weighted by Gasteiger charge is 2.42. The van der Waals surface area contributed by atoms with Gasteiger partial charge in [-0.25, -0.2) is 9.59 Å². The summed E-state index contributed by atoms with van der Waals surface area (Å²) < 4.78 is 22.2. The zero-order chi connectivity index (χ0) is 34.7. The molecule has 0 aromatic heterocycles. The molecule has 0 aromatic carbocycles. The molecule has 0 spiro atoms. The van der Waals surface area contributed by atoms with Gasteiger partial charge in [-0.15, -0.1) is 0 Å². The van der Waals surface area contributed by atoms with Crippen molar-refractivity contribution in [3.63, 3.8) is 0 Å². The number of hydrogen-bond donors (Lipinski definition) is 2. The summed E-state index contributed by atoms with van der Waals surface area (Å²) in [7, 11) is 0. The lowest BCUT2D eigenvalue weighted by atomic mass is 9.64. The summed E-state index contributed by atoms with van der Waals surface area (Å²) in [6.07, 6.45) is 18.2. The van der Waals surface area contributed by atoms with E-state index in [1.165, 1.54) is 0 Å². The van der Waals surface area contributed by atoms with Crippen molar-refractivity contribution in [3.8, 4) is 0 Å². The summed E-state index contributed by atoms with van der Waals surface area (Å²) in [5, 5.41) is 20.1. The predicted molar refractivity (Wildman–Crippen MR) is 181 cm³/mol. The molecule has 0 heterocycles. The molecule has 3 rings (SSSR count). The fraction of sp³-hybridized carbons (Fsp3) is 0.789. The summed E-state index contributed by atoms with van der Waals surface area (Å²) in [5.41, 5.74) is 0. The molecule has 3 aliphatic rings. The van der Waals surface area contributed by atoms with Crippen molar-refractivity contribution in [3.05, 3.63) is 25.3 Å². The number of carbonyl (C=O) groups is 4. The van der Waals surface area contributed by atoms with Crippen LogP contribution in [0, 0.1) is 35.5 Å². The van der Waals surface area contributed by atoms with Crippen LogP contribution in [0.15, 0.2) is 25.3 Å². The van der Waals surface area contributed by atoms with E-state index in [4.69, 9.17) is 18.9 Å². The predicted octanol–water partition coefficient (Wildman–Crippen LogP) is 7.14.